The van der Waals surface area contributed by atoms with Gasteiger partial charge in [-0.1, -0.05) is 60.1 Å². The van der Waals surface area contributed by atoms with Crippen molar-refractivity contribution >= 4 is 34.0 Å². The zero-order valence-corrected chi connectivity index (χ0v) is 17.9. The molecule has 0 radical (unpaired) electrons. The van der Waals surface area contributed by atoms with Gasteiger partial charge in [0.2, 0.25) is 5.91 Å². The summed E-state index contributed by atoms with van der Waals surface area (Å²) in [6, 6.07) is 20.9. The molecule has 32 heavy (non-hydrogen) atoms. The van der Waals surface area contributed by atoms with Crippen LogP contribution in [0.15, 0.2) is 71.5 Å². The van der Waals surface area contributed by atoms with Crippen LogP contribution in [-0.2, 0) is 17.6 Å². The number of hydrogen-bond acceptors (Lipinski definition) is 4. The number of aromatic amines is 1. The number of H-pyrrole nitrogens is 1. The van der Waals surface area contributed by atoms with Gasteiger partial charge in [-0.15, -0.1) is 0 Å². The van der Waals surface area contributed by atoms with Crippen molar-refractivity contribution < 1.29 is 9.53 Å². The van der Waals surface area contributed by atoms with Crippen LogP contribution in [0.4, 0.5) is 5.69 Å². The van der Waals surface area contributed by atoms with Crippen molar-refractivity contribution in [3.05, 3.63) is 88.2 Å². The van der Waals surface area contributed by atoms with E-state index in [1.165, 1.54) is 0 Å². The van der Waals surface area contributed by atoms with Gasteiger partial charge >= 0.3 is 0 Å². The van der Waals surface area contributed by atoms with Crippen molar-refractivity contribution in [3.8, 4) is 17.0 Å². The number of halogens is 1. The Morgan fingerprint density at radius 2 is 1.84 bits per heavy atom. The number of nitrogens with one attached hydrogen (secondary N) is 1. The van der Waals surface area contributed by atoms with Crippen LogP contribution >= 0.6 is 11.6 Å². The second-order valence-corrected chi connectivity index (χ2v) is 7.88. The highest BCUT2D eigenvalue weighted by Crippen LogP contribution is 2.32. The Morgan fingerprint density at radius 1 is 1.06 bits per heavy atom. The largest absolute Gasteiger partial charge is 0.478 e. The molecule has 160 valence electrons. The predicted molar refractivity (Wildman–Crippen MR) is 125 cm³/mol. The maximum Gasteiger partial charge on any atom is 0.272 e. The zero-order chi connectivity index (χ0) is 22.1. The lowest BCUT2D eigenvalue weighted by atomic mass is 10.0. The van der Waals surface area contributed by atoms with Gasteiger partial charge in [0.15, 0.2) is 6.07 Å². The Hall–Kier alpha value is -3.64. The molecule has 7 heteroatoms. The van der Waals surface area contributed by atoms with Crippen LogP contribution in [0.1, 0.15) is 11.1 Å². The van der Waals surface area contributed by atoms with Gasteiger partial charge in [-0.05, 0) is 29.7 Å². The Kier molecular flexibility index (Phi) is 5.37. The lowest BCUT2D eigenvalue weighted by Gasteiger charge is -2.18. The molecule has 0 atom stereocenters. The number of fused-ring (bicyclic) bond motifs is 2. The van der Waals surface area contributed by atoms with E-state index in [0.717, 1.165) is 34.2 Å². The zero-order valence-electron chi connectivity index (χ0n) is 17.2. The van der Waals surface area contributed by atoms with Gasteiger partial charge in [-0.3, -0.25) is 9.59 Å². The van der Waals surface area contributed by atoms with E-state index >= 15 is 0 Å². The molecule has 0 saturated carbocycles. The monoisotopic (exact) mass is 445 g/mol. The molecule has 5 rings (SSSR count). The summed E-state index contributed by atoms with van der Waals surface area (Å²) in [6.45, 7) is 0.657. The minimum atomic E-state index is -0.211. The number of amides is 1. The average Bonchev–Trinajstić information content (AvgIpc) is 3.24. The SMILES string of the molecule is O=C(Cc1ccc(-c2n[nH]c(=O)c3ccccc23)cc1)N1CCc2ccc(OCCl)cc21. The number of rotatable bonds is 5. The third-order valence-electron chi connectivity index (χ3n) is 5.75. The van der Waals surface area contributed by atoms with Gasteiger partial charge < -0.3 is 9.64 Å². The van der Waals surface area contributed by atoms with Gasteiger partial charge in [0.25, 0.3) is 5.56 Å². The molecule has 1 aliphatic rings. The summed E-state index contributed by atoms with van der Waals surface area (Å²) in [5.41, 5.74) is 4.30. The van der Waals surface area contributed by atoms with Crippen molar-refractivity contribution in [2.45, 2.75) is 12.8 Å². The molecule has 4 aromatic rings. The highest BCUT2D eigenvalue weighted by atomic mass is 35.5. The first kappa shape index (κ1) is 20.3. The smallest absolute Gasteiger partial charge is 0.272 e. The highest BCUT2D eigenvalue weighted by Gasteiger charge is 2.25. The number of anilines is 1. The van der Waals surface area contributed by atoms with Crippen molar-refractivity contribution in [3.63, 3.8) is 0 Å². The number of alkyl halides is 1. The molecule has 6 nitrogen and oxygen atoms in total. The summed E-state index contributed by atoms with van der Waals surface area (Å²) >= 11 is 5.67. The summed E-state index contributed by atoms with van der Waals surface area (Å²) in [4.78, 5) is 26.9. The fraction of sp³-hybridized carbons (Fsp3) is 0.160. The van der Waals surface area contributed by atoms with E-state index in [1.54, 1.807) is 11.0 Å². The molecule has 0 saturated heterocycles. The summed E-state index contributed by atoms with van der Waals surface area (Å²) < 4.78 is 5.37. The van der Waals surface area contributed by atoms with Gasteiger partial charge in [-0.25, -0.2) is 5.10 Å². The van der Waals surface area contributed by atoms with E-state index in [1.807, 2.05) is 60.7 Å². The van der Waals surface area contributed by atoms with Crippen LogP contribution in [0, 0.1) is 0 Å². The van der Waals surface area contributed by atoms with Crippen molar-refractivity contribution in [1.29, 1.82) is 0 Å². The maximum absolute atomic E-state index is 13.0. The van der Waals surface area contributed by atoms with Gasteiger partial charge in [-0.2, -0.15) is 5.10 Å². The molecule has 0 bridgehead atoms. The van der Waals surface area contributed by atoms with E-state index in [0.29, 0.717) is 29.8 Å². The number of hydrogen-bond donors (Lipinski definition) is 1. The van der Waals surface area contributed by atoms with E-state index in [-0.39, 0.29) is 17.5 Å². The molecule has 1 aliphatic heterocycles. The third kappa shape index (κ3) is 3.74. The summed E-state index contributed by atoms with van der Waals surface area (Å²) in [5.74, 6) is 0.690. The Labute approximate surface area is 189 Å². The van der Waals surface area contributed by atoms with Crippen LogP contribution in [-0.4, -0.2) is 28.7 Å². The fourth-order valence-electron chi connectivity index (χ4n) is 4.16. The van der Waals surface area contributed by atoms with Crippen LogP contribution in [0.2, 0.25) is 0 Å². The molecule has 0 fully saturated rings. The minimum absolute atomic E-state index is 0.0344. The first-order valence-corrected chi connectivity index (χ1v) is 10.9. The molecular weight excluding hydrogens is 426 g/mol. The topological polar surface area (TPSA) is 75.3 Å². The van der Waals surface area contributed by atoms with Crippen LogP contribution in [0.25, 0.3) is 22.0 Å². The molecule has 0 unspecified atom stereocenters. The Morgan fingerprint density at radius 3 is 2.62 bits per heavy atom. The number of ether oxygens (including phenoxy) is 1. The summed E-state index contributed by atoms with van der Waals surface area (Å²) in [5, 5.41) is 8.20. The first-order chi connectivity index (χ1) is 15.6. The van der Waals surface area contributed by atoms with E-state index in [9.17, 15) is 9.59 Å². The van der Waals surface area contributed by atoms with E-state index in [4.69, 9.17) is 16.3 Å². The average molecular weight is 446 g/mol. The maximum atomic E-state index is 13.0. The van der Waals surface area contributed by atoms with Gasteiger partial charge in [0, 0.05) is 23.6 Å². The predicted octanol–water partition coefficient (Wildman–Crippen LogP) is 4.30. The normalized spacial score (nSPS) is 12.7. The standard InChI is InChI=1S/C25H20ClN3O3/c26-15-32-19-10-9-17-11-12-29(22(17)14-19)23(30)13-16-5-7-18(8-6-16)24-20-3-1-2-4-21(20)25(31)28-27-24/h1-10,14H,11-13,15H2,(H,28,31). The Balaban J connectivity index is 1.37. The van der Waals surface area contributed by atoms with E-state index < -0.39 is 0 Å². The fourth-order valence-corrected chi connectivity index (χ4v) is 4.28. The van der Waals surface area contributed by atoms with Gasteiger partial charge in [0.05, 0.1) is 23.2 Å². The quantitative estimate of drug-likeness (QED) is 0.465. The minimum Gasteiger partial charge on any atom is -0.478 e. The van der Waals surface area contributed by atoms with Crippen LogP contribution in [0.3, 0.4) is 0 Å². The molecule has 3 aromatic carbocycles. The number of carbonyl (C=O) groups is 1. The molecular formula is C25H20ClN3O3. The second-order valence-electron chi connectivity index (χ2n) is 7.66. The molecule has 0 spiro atoms. The molecule has 2 heterocycles. The summed E-state index contributed by atoms with van der Waals surface area (Å²) in [6.07, 6.45) is 1.12. The van der Waals surface area contributed by atoms with Crippen molar-refractivity contribution in [1.82, 2.24) is 10.2 Å². The third-order valence-corrected chi connectivity index (χ3v) is 5.86. The highest BCUT2D eigenvalue weighted by molar-refractivity contribution is 6.17. The van der Waals surface area contributed by atoms with Crippen LogP contribution < -0.4 is 15.2 Å². The van der Waals surface area contributed by atoms with Crippen molar-refractivity contribution in [2.75, 3.05) is 17.5 Å². The second kappa shape index (κ2) is 8.48. The number of benzene rings is 3. The lowest BCUT2D eigenvalue weighted by Crippen LogP contribution is -2.30. The van der Waals surface area contributed by atoms with E-state index in [2.05, 4.69) is 10.2 Å². The van der Waals surface area contributed by atoms with Crippen LogP contribution in [0.5, 0.6) is 5.75 Å². The van der Waals surface area contributed by atoms with Gasteiger partial charge in [0.1, 0.15) is 5.75 Å². The first-order valence-electron chi connectivity index (χ1n) is 10.3. The summed E-state index contributed by atoms with van der Waals surface area (Å²) in [7, 11) is 0. The lowest BCUT2D eigenvalue weighted by molar-refractivity contribution is -0.117. The molecule has 0 aliphatic carbocycles. The van der Waals surface area contributed by atoms with Crippen molar-refractivity contribution in [2.24, 2.45) is 0 Å². The molecule has 1 N–H and O–H groups in total. The Bertz CT molecular complexity index is 1370. The molecule has 1 aromatic heterocycles. The number of carbonyl (C=O) groups excluding carboxylic acids is 1. The number of aromatic nitrogens is 2. The molecule has 1 amide bonds. The number of nitrogens with zero attached hydrogens (tertiary/aromatic N) is 2.